The fourth-order valence-corrected chi connectivity index (χ4v) is 5.72. The van der Waals surface area contributed by atoms with Gasteiger partial charge in [-0.3, -0.25) is 9.59 Å². The van der Waals surface area contributed by atoms with Crippen molar-refractivity contribution in [2.45, 2.75) is 24.2 Å². The molecule has 2 amide bonds. The zero-order valence-corrected chi connectivity index (χ0v) is 18.9. The number of benzene rings is 2. The van der Waals surface area contributed by atoms with Gasteiger partial charge in [0, 0.05) is 44.7 Å². The van der Waals surface area contributed by atoms with Crippen molar-refractivity contribution in [1.82, 2.24) is 9.21 Å². The number of hydrogen-bond acceptors (Lipinski definition) is 4. The maximum absolute atomic E-state index is 13.2. The molecule has 2 saturated heterocycles. The minimum Gasteiger partial charge on any atom is -0.337 e. The lowest BCUT2D eigenvalue weighted by Crippen LogP contribution is -2.37. The Hall–Kier alpha value is -2.49. The highest BCUT2D eigenvalue weighted by Crippen LogP contribution is 2.31. The largest absolute Gasteiger partial charge is 0.337 e. The van der Waals surface area contributed by atoms with E-state index in [0.717, 1.165) is 18.6 Å². The standard InChI is InChI=1S/C22H23ClFN3O4S/c23-19-9-4-16(15-20(19)27-12-1-3-21(27)28)22(29)25-10-2-11-26(14-13-25)32(30,31)18-7-5-17(24)6-8-18/h4-9,15H,1-3,10-14H2. The lowest BCUT2D eigenvalue weighted by molar-refractivity contribution is -0.117. The number of anilines is 1. The van der Waals surface area contributed by atoms with E-state index in [9.17, 15) is 22.4 Å². The van der Waals surface area contributed by atoms with E-state index in [4.69, 9.17) is 11.6 Å². The topological polar surface area (TPSA) is 78.0 Å². The van der Waals surface area contributed by atoms with E-state index in [0.29, 0.717) is 42.2 Å². The molecular weight excluding hydrogens is 457 g/mol. The van der Waals surface area contributed by atoms with Crippen LogP contribution >= 0.6 is 11.6 Å². The molecule has 170 valence electrons. The third-order valence-electron chi connectivity index (χ3n) is 5.75. The average molecular weight is 480 g/mol. The van der Waals surface area contributed by atoms with Gasteiger partial charge in [-0.15, -0.1) is 0 Å². The number of amides is 2. The molecule has 2 aromatic rings. The van der Waals surface area contributed by atoms with Gasteiger partial charge in [-0.25, -0.2) is 12.8 Å². The molecule has 0 unspecified atom stereocenters. The van der Waals surface area contributed by atoms with Crippen LogP contribution in [-0.2, 0) is 14.8 Å². The number of hydrogen-bond donors (Lipinski definition) is 0. The number of sulfonamides is 1. The first-order valence-corrected chi connectivity index (χ1v) is 12.2. The summed E-state index contributed by atoms with van der Waals surface area (Å²) in [5.74, 6) is -0.766. The van der Waals surface area contributed by atoms with Gasteiger partial charge in [0.2, 0.25) is 15.9 Å². The van der Waals surface area contributed by atoms with Gasteiger partial charge in [0.15, 0.2) is 0 Å². The van der Waals surface area contributed by atoms with Crippen LogP contribution in [0.4, 0.5) is 10.1 Å². The summed E-state index contributed by atoms with van der Waals surface area (Å²) in [6, 6.07) is 9.57. The summed E-state index contributed by atoms with van der Waals surface area (Å²) in [5.41, 5.74) is 0.925. The van der Waals surface area contributed by atoms with Crippen LogP contribution in [0.25, 0.3) is 0 Å². The lowest BCUT2D eigenvalue weighted by atomic mass is 10.1. The van der Waals surface area contributed by atoms with Crippen LogP contribution in [0.5, 0.6) is 0 Å². The molecular formula is C22H23ClFN3O4S. The molecule has 2 heterocycles. The average Bonchev–Trinajstić information content (AvgIpc) is 3.04. The molecule has 0 saturated carbocycles. The van der Waals surface area contributed by atoms with Crippen LogP contribution in [0.2, 0.25) is 5.02 Å². The van der Waals surface area contributed by atoms with E-state index in [2.05, 4.69) is 0 Å². The van der Waals surface area contributed by atoms with Crippen LogP contribution in [0.1, 0.15) is 29.6 Å². The van der Waals surface area contributed by atoms with Crippen molar-refractivity contribution >= 4 is 39.1 Å². The molecule has 0 aliphatic carbocycles. The molecule has 2 fully saturated rings. The Balaban J connectivity index is 1.49. The summed E-state index contributed by atoms with van der Waals surface area (Å²) in [6.07, 6.45) is 1.67. The van der Waals surface area contributed by atoms with E-state index in [1.807, 2.05) is 0 Å². The summed E-state index contributed by atoms with van der Waals surface area (Å²) in [7, 11) is -3.78. The maximum Gasteiger partial charge on any atom is 0.253 e. The SMILES string of the molecule is O=C(c1ccc(Cl)c(N2CCCC2=O)c1)N1CCCN(S(=O)(=O)c2ccc(F)cc2)CC1. The third-order valence-corrected chi connectivity index (χ3v) is 7.98. The number of carbonyl (C=O) groups is 2. The maximum atomic E-state index is 13.2. The second kappa shape index (κ2) is 9.17. The van der Waals surface area contributed by atoms with Crippen molar-refractivity contribution in [2.75, 3.05) is 37.6 Å². The molecule has 0 radical (unpaired) electrons. The van der Waals surface area contributed by atoms with E-state index in [1.54, 1.807) is 28.0 Å². The van der Waals surface area contributed by atoms with Crippen LogP contribution in [0.3, 0.4) is 0 Å². The molecule has 0 bridgehead atoms. The van der Waals surface area contributed by atoms with Gasteiger partial charge in [0.1, 0.15) is 5.82 Å². The van der Waals surface area contributed by atoms with Gasteiger partial charge in [0.25, 0.3) is 5.91 Å². The number of nitrogens with zero attached hydrogens (tertiary/aromatic N) is 3. The number of rotatable bonds is 4. The lowest BCUT2D eigenvalue weighted by Gasteiger charge is -2.23. The number of carbonyl (C=O) groups excluding carboxylic acids is 2. The Morgan fingerprint density at radius 3 is 2.38 bits per heavy atom. The molecule has 0 atom stereocenters. The predicted molar refractivity (Wildman–Crippen MR) is 119 cm³/mol. The predicted octanol–water partition coefficient (Wildman–Crippen LogP) is 3.14. The van der Waals surface area contributed by atoms with Crippen LogP contribution in [-0.4, -0.2) is 62.2 Å². The van der Waals surface area contributed by atoms with Crippen LogP contribution in [0.15, 0.2) is 47.4 Å². The Morgan fingerprint density at radius 1 is 0.938 bits per heavy atom. The minimum atomic E-state index is -3.78. The first-order chi connectivity index (χ1) is 15.3. The monoisotopic (exact) mass is 479 g/mol. The molecule has 0 spiro atoms. The van der Waals surface area contributed by atoms with Gasteiger partial charge < -0.3 is 9.80 Å². The van der Waals surface area contributed by atoms with Crippen molar-refractivity contribution in [1.29, 1.82) is 0 Å². The fourth-order valence-electron chi connectivity index (χ4n) is 4.03. The van der Waals surface area contributed by atoms with Gasteiger partial charge in [-0.2, -0.15) is 4.31 Å². The Bertz CT molecular complexity index is 1140. The molecule has 2 aromatic carbocycles. The quantitative estimate of drug-likeness (QED) is 0.675. The molecule has 2 aliphatic heterocycles. The Morgan fingerprint density at radius 2 is 1.69 bits per heavy atom. The summed E-state index contributed by atoms with van der Waals surface area (Å²) >= 11 is 6.28. The minimum absolute atomic E-state index is 0.0205. The van der Waals surface area contributed by atoms with E-state index < -0.39 is 15.8 Å². The smallest absolute Gasteiger partial charge is 0.253 e. The Kier molecular flexibility index (Phi) is 6.50. The van der Waals surface area contributed by atoms with E-state index in [-0.39, 0.29) is 36.3 Å². The highest BCUT2D eigenvalue weighted by molar-refractivity contribution is 7.89. The highest BCUT2D eigenvalue weighted by Gasteiger charge is 2.30. The van der Waals surface area contributed by atoms with Gasteiger partial charge in [-0.1, -0.05) is 11.6 Å². The first kappa shape index (κ1) is 22.7. The molecule has 32 heavy (non-hydrogen) atoms. The summed E-state index contributed by atoms with van der Waals surface area (Å²) < 4.78 is 40.3. The molecule has 0 N–H and O–H groups in total. The van der Waals surface area contributed by atoms with Gasteiger partial charge >= 0.3 is 0 Å². The summed E-state index contributed by atoms with van der Waals surface area (Å²) in [5, 5.41) is 0.407. The van der Waals surface area contributed by atoms with E-state index >= 15 is 0 Å². The van der Waals surface area contributed by atoms with Crippen LogP contribution < -0.4 is 4.90 Å². The number of halogens is 2. The fraction of sp³-hybridized carbons (Fsp3) is 0.364. The normalized spacial score (nSPS) is 18.1. The second-order valence-electron chi connectivity index (χ2n) is 7.82. The van der Waals surface area contributed by atoms with Crippen molar-refractivity contribution < 1.29 is 22.4 Å². The third kappa shape index (κ3) is 4.51. The second-order valence-corrected chi connectivity index (χ2v) is 10.2. The molecule has 4 rings (SSSR count). The first-order valence-electron chi connectivity index (χ1n) is 10.4. The van der Waals surface area contributed by atoms with Crippen LogP contribution in [0, 0.1) is 5.82 Å². The van der Waals surface area contributed by atoms with Crippen molar-refractivity contribution in [2.24, 2.45) is 0 Å². The van der Waals surface area contributed by atoms with Crippen molar-refractivity contribution in [3.05, 3.63) is 58.9 Å². The summed E-state index contributed by atoms with van der Waals surface area (Å²) in [4.78, 5) is 28.5. The van der Waals surface area contributed by atoms with Crippen molar-refractivity contribution in [3.63, 3.8) is 0 Å². The molecule has 7 nitrogen and oxygen atoms in total. The van der Waals surface area contributed by atoms with Gasteiger partial charge in [0.05, 0.1) is 15.6 Å². The van der Waals surface area contributed by atoms with E-state index in [1.165, 1.54) is 16.4 Å². The van der Waals surface area contributed by atoms with Crippen molar-refractivity contribution in [3.8, 4) is 0 Å². The molecule has 2 aliphatic rings. The molecule has 10 heteroatoms. The Labute approximate surface area is 191 Å². The molecule has 0 aromatic heterocycles. The highest BCUT2D eigenvalue weighted by atomic mass is 35.5. The zero-order valence-electron chi connectivity index (χ0n) is 17.3. The summed E-state index contributed by atoms with van der Waals surface area (Å²) in [6.45, 7) is 1.58. The zero-order chi connectivity index (χ0) is 22.9. The van der Waals surface area contributed by atoms with Gasteiger partial charge in [-0.05, 0) is 55.3 Å².